The van der Waals surface area contributed by atoms with Crippen molar-refractivity contribution in [3.8, 4) is 11.4 Å². The number of nitrogens with one attached hydrogen (secondary N) is 1. The minimum Gasteiger partial charge on any atom is -0.483 e. The van der Waals surface area contributed by atoms with Crippen LogP contribution < -0.4 is 10.1 Å². The highest BCUT2D eigenvalue weighted by Crippen LogP contribution is 2.24. The van der Waals surface area contributed by atoms with Gasteiger partial charge in [-0.25, -0.2) is 4.68 Å². The minimum absolute atomic E-state index is 0.00319. The van der Waals surface area contributed by atoms with Crippen LogP contribution in [0.5, 0.6) is 5.75 Å². The zero-order chi connectivity index (χ0) is 21.8. The van der Waals surface area contributed by atoms with Gasteiger partial charge in [-0.15, -0.1) is 0 Å². The number of hydrogen-bond acceptors (Lipinski definition) is 6. The number of nitro groups is 1. The highest BCUT2D eigenvalue weighted by molar-refractivity contribution is 5.93. The number of rotatable bonds is 7. The van der Waals surface area contributed by atoms with Gasteiger partial charge in [-0.1, -0.05) is 17.7 Å². The van der Waals surface area contributed by atoms with E-state index in [-0.39, 0.29) is 23.6 Å². The number of benzene rings is 2. The van der Waals surface area contributed by atoms with E-state index in [1.807, 2.05) is 38.1 Å². The smallest absolute Gasteiger partial charge is 0.270 e. The molecular formula is C21H20N4O5. The van der Waals surface area contributed by atoms with Crippen molar-refractivity contribution in [1.82, 2.24) is 9.78 Å². The van der Waals surface area contributed by atoms with Crippen molar-refractivity contribution in [2.45, 2.75) is 20.8 Å². The van der Waals surface area contributed by atoms with Crippen LogP contribution in [-0.4, -0.2) is 33.5 Å². The summed E-state index contributed by atoms with van der Waals surface area (Å²) in [6, 6.07) is 11.4. The molecule has 0 aliphatic heterocycles. The number of carbonyl (C=O) groups excluding carboxylic acids is 2. The van der Waals surface area contributed by atoms with E-state index in [0.717, 1.165) is 23.0 Å². The maximum absolute atomic E-state index is 12.4. The first-order valence-electron chi connectivity index (χ1n) is 9.09. The van der Waals surface area contributed by atoms with E-state index in [4.69, 9.17) is 4.74 Å². The fraction of sp³-hybridized carbons (Fsp3) is 0.190. The second-order valence-corrected chi connectivity index (χ2v) is 6.73. The van der Waals surface area contributed by atoms with Crippen LogP contribution in [0, 0.1) is 30.9 Å². The molecule has 0 atom stereocenters. The monoisotopic (exact) mass is 408 g/mol. The van der Waals surface area contributed by atoms with Gasteiger partial charge in [-0.2, -0.15) is 5.10 Å². The first kappa shape index (κ1) is 20.7. The molecule has 0 saturated heterocycles. The molecule has 0 unspecified atom stereocenters. The third-order valence-electron chi connectivity index (χ3n) is 4.52. The van der Waals surface area contributed by atoms with Gasteiger partial charge in [0.05, 0.1) is 33.2 Å². The lowest BCUT2D eigenvalue weighted by molar-refractivity contribution is -0.384. The predicted molar refractivity (Wildman–Crippen MR) is 110 cm³/mol. The summed E-state index contributed by atoms with van der Waals surface area (Å²) in [5, 5.41) is 18.1. The van der Waals surface area contributed by atoms with E-state index >= 15 is 0 Å². The first-order valence-corrected chi connectivity index (χ1v) is 9.09. The van der Waals surface area contributed by atoms with Crippen molar-refractivity contribution < 1.29 is 19.2 Å². The van der Waals surface area contributed by atoms with E-state index in [9.17, 15) is 19.7 Å². The highest BCUT2D eigenvalue weighted by Gasteiger charge is 2.17. The van der Waals surface area contributed by atoms with Crippen molar-refractivity contribution in [1.29, 1.82) is 0 Å². The predicted octanol–water partition coefficient (Wildman–Crippen LogP) is 3.54. The summed E-state index contributed by atoms with van der Waals surface area (Å²) < 4.78 is 7.13. The zero-order valence-corrected chi connectivity index (χ0v) is 16.7. The molecule has 1 amide bonds. The van der Waals surface area contributed by atoms with Gasteiger partial charge in [0.2, 0.25) is 0 Å². The molecule has 3 aromatic rings. The Labute approximate surface area is 172 Å². The van der Waals surface area contributed by atoms with E-state index < -0.39 is 10.8 Å². The summed E-state index contributed by atoms with van der Waals surface area (Å²) in [4.78, 5) is 33.8. The number of aldehydes is 1. The number of amides is 1. The molecule has 154 valence electrons. The third-order valence-corrected chi connectivity index (χ3v) is 4.52. The van der Waals surface area contributed by atoms with Gasteiger partial charge in [0.25, 0.3) is 11.6 Å². The molecule has 30 heavy (non-hydrogen) atoms. The van der Waals surface area contributed by atoms with Crippen molar-refractivity contribution in [3.63, 3.8) is 0 Å². The molecule has 0 bridgehead atoms. The van der Waals surface area contributed by atoms with Crippen LogP contribution in [0.15, 0.2) is 42.5 Å². The van der Waals surface area contributed by atoms with Gasteiger partial charge in [-0.3, -0.25) is 19.7 Å². The Hall–Kier alpha value is -4.01. The molecule has 0 fully saturated rings. The first-order chi connectivity index (χ1) is 14.3. The molecule has 0 aliphatic rings. The fourth-order valence-electron chi connectivity index (χ4n) is 2.95. The number of ether oxygens (including phenoxy) is 1. The molecule has 3 rings (SSSR count). The lowest BCUT2D eigenvalue weighted by Gasteiger charge is -2.10. The van der Waals surface area contributed by atoms with Gasteiger partial charge in [0, 0.05) is 12.1 Å². The number of carbonyl (C=O) groups is 2. The summed E-state index contributed by atoms with van der Waals surface area (Å²) in [7, 11) is 0. The molecular weight excluding hydrogens is 388 g/mol. The van der Waals surface area contributed by atoms with Crippen molar-refractivity contribution in [2.24, 2.45) is 0 Å². The maximum Gasteiger partial charge on any atom is 0.270 e. The molecule has 1 heterocycles. The summed E-state index contributed by atoms with van der Waals surface area (Å²) in [6.45, 7) is 5.26. The van der Waals surface area contributed by atoms with Gasteiger partial charge < -0.3 is 10.1 Å². The van der Waals surface area contributed by atoms with Gasteiger partial charge in [0.15, 0.2) is 12.9 Å². The van der Waals surface area contributed by atoms with Crippen LogP contribution in [0.1, 0.15) is 27.3 Å². The summed E-state index contributed by atoms with van der Waals surface area (Å²) in [6.07, 6.45) is 0.445. The van der Waals surface area contributed by atoms with Crippen LogP contribution in [0.3, 0.4) is 0 Å². The third kappa shape index (κ3) is 4.35. The summed E-state index contributed by atoms with van der Waals surface area (Å²) >= 11 is 0. The Bertz CT molecular complexity index is 1120. The molecule has 9 heteroatoms. The van der Waals surface area contributed by atoms with Crippen molar-refractivity contribution in [2.75, 3.05) is 11.9 Å². The summed E-state index contributed by atoms with van der Waals surface area (Å²) in [5.41, 5.74) is 3.74. The van der Waals surface area contributed by atoms with Crippen LogP contribution in [-0.2, 0) is 4.79 Å². The number of anilines is 1. The van der Waals surface area contributed by atoms with Crippen molar-refractivity contribution in [3.05, 3.63) is 75.1 Å². The largest absolute Gasteiger partial charge is 0.483 e. The van der Waals surface area contributed by atoms with E-state index in [2.05, 4.69) is 10.4 Å². The quantitative estimate of drug-likeness (QED) is 0.363. The lowest BCUT2D eigenvalue weighted by atomic mass is 10.2. The molecule has 1 aromatic heterocycles. The second-order valence-electron chi connectivity index (χ2n) is 6.73. The molecule has 0 radical (unpaired) electrons. The van der Waals surface area contributed by atoms with E-state index in [1.165, 1.54) is 12.1 Å². The lowest BCUT2D eigenvalue weighted by Crippen LogP contribution is -2.21. The number of aryl methyl sites for hydroxylation is 2. The number of nitrogens with zero attached hydrogens (tertiary/aromatic N) is 3. The number of aromatic nitrogens is 2. The van der Waals surface area contributed by atoms with Crippen molar-refractivity contribution >= 4 is 23.6 Å². The molecule has 0 spiro atoms. The number of hydrogen-bond donors (Lipinski definition) is 1. The van der Waals surface area contributed by atoms with Gasteiger partial charge in [-0.05, 0) is 39.0 Å². The second kappa shape index (κ2) is 8.56. The maximum atomic E-state index is 12.4. The SMILES string of the molecule is Cc1ccc(-n2nc(C)c(NC(=O)COc3ccc([N+](=O)[O-])cc3C=O)c2C)cc1. The topological polar surface area (TPSA) is 116 Å². The van der Waals surface area contributed by atoms with E-state index in [0.29, 0.717) is 17.7 Å². The molecule has 9 nitrogen and oxygen atoms in total. The van der Waals surface area contributed by atoms with Crippen LogP contribution >= 0.6 is 0 Å². The molecule has 1 N–H and O–H groups in total. The van der Waals surface area contributed by atoms with Crippen LogP contribution in [0.25, 0.3) is 5.69 Å². The Morgan fingerprint density at radius 1 is 1.20 bits per heavy atom. The fourth-order valence-corrected chi connectivity index (χ4v) is 2.95. The van der Waals surface area contributed by atoms with Gasteiger partial charge in [0.1, 0.15) is 5.75 Å². The minimum atomic E-state index is -0.610. The average Bonchev–Trinajstić information content (AvgIpc) is 3.00. The number of nitro benzene ring substituents is 1. The Kier molecular flexibility index (Phi) is 5.91. The van der Waals surface area contributed by atoms with Crippen LogP contribution in [0.4, 0.5) is 11.4 Å². The normalized spacial score (nSPS) is 10.5. The molecule has 0 saturated carbocycles. The standard InChI is InChI=1S/C21H20N4O5/c1-13-4-6-17(7-5-13)24-15(3)21(14(2)23-24)22-20(27)12-30-19-9-8-18(25(28)29)10-16(19)11-26/h4-11H,12H2,1-3H3,(H,22,27). The van der Waals surface area contributed by atoms with E-state index in [1.54, 1.807) is 11.6 Å². The number of non-ortho nitro benzene ring substituents is 1. The van der Waals surface area contributed by atoms with Gasteiger partial charge >= 0.3 is 0 Å². The Balaban J connectivity index is 1.72. The average molecular weight is 408 g/mol. The Morgan fingerprint density at radius 3 is 2.53 bits per heavy atom. The Morgan fingerprint density at radius 2 is 1.90 bits per heavy atom. The molecule has 2 aromatic carbocycles. The zero-order valence-electron chi connectivity index (χ0n) is 16.7. The summed E-state index contributed by atoms with van der Waals surface area (Å²) in [5.74, 6) is -0.352. The highest BCUT2D eigenvalue weighted by atomic mass is 16.6. The molecule has 0 aliphatic carbocycles. The van der Waals surface area contributed by atoms with Crippen LogP contribution in [0.2, 0.25) is 0 Å².